The van der Waals surface area contributed by atoms with Gasteiger partial charge in [0.1, 0.15) is 0 Å². The highest BCUT2D eigenvalue weighted by Crippen LogP contribution is 2.21. The van der Waals surface area contributed by atoms with Crippen molar-refractivity contribution in [1.29, 1.82) is 0 Å². The largest absolute Gasteiger partial charge is 0.342 e. The number of amides is 1. The smallest absolute Gasteiger partial charge is 0.236 e. The average molecular weight is 342 g/mol. The Hall–Kier alpha value is -2.28. The molecule has 1 aliphatic carbocycles. The summed E-state index contributed by atoms with van der Waals surface area (Å²) in [7, 11) is 3.86. The summed E-state index contributed by atoms with van der Waals surface area (Å²) in [6, 6.07) is 10.2. The number of para-hydroxylation sites is 1. The Morgan fingerprint density at radius 1 is 1.16 bits per heavy atom. The van der Waals surface area contributed by atoms with Gasteiger partial charge in [0.2, 0.25) is 5.91 Å². The maximum Gasteiger partial charge on any atom is 0.236 e. The third kappa shape index (κ3) is 4.42. The fourth-order valence-corrected chi connectivity index (χ4v) is 3.39. The second-order valence-electron chi connectivity index (χ2n) is 6.81. The lowest BCUT2D eigenvalue weighted by Gasteiger charge is -2.32. The molecule has 7 heteroatoms. The van der Waals surface area contributed by atoms with Crippen LogP contribution >= 0.6 is 0 Å². The van der Waals surface area contributed by atoms with Crippen molar-refractivity contribution in [3.05, 3.63) is 36.2 Å². The molecule has 1 aromatic heterocycles. The molecule has 1 amide bonds. The van der Waals surface area contributed by atoms with Crippen LogP contribution in [0.15, 0.2) is 30.3 Å². The second kappa shape index (κ2) is 8.20. The fourth-order valence-electron chi connectivity index (χ4n) is 3.39. The standard InChI is InChI=1S/C18H26N6O/c1-22(14-18(25)23(2)15-9-5-3-6-10-15)13-17-19-20-21-24(17)16-11-7-4-8-12-16/h4,7-8,11-12,15H,3,5-6,9-10,13-14H2,1-2H3. The predicted molar refractivity (Wildman–Crippen MR) is 95.1 cm³/mol. The Labute approximate surface area is 148 Å². The van der Waals surface area contributed by atoms with E-state index in [1.807, 2.05) is 54.2 Å². The number of hydrogen-bond donors (Lipinski definition) is 0. The van der Waals surface area contributed by atoms with Crippen LogP contribution in [0.4, 0.5) is 0 Å². The highest BCUT2D eigenvalue weighted by Gasteiger charge is 2.23. The van der Waals surface area contributed by atoms with E-state index in [4.69, 9.17) is 0 Å². The third-order valence-electron chi connectivity index (χ3n) is 4.87. The van der Waals surface area contributed by atoms with Crippen molar-refractivity contribution < 1.29 is 4.79 Å². The minimum Gasteiger partial charge on any atom is -0.342 e. The zero-order valence-corrected chi connectivity index (χ0v) is 15.0. The normalized spacial score (nSPS) is 15.5. The molecule has 0 spiro atoms. The van der Waals surface area contributed by atoms with Crippen molar-refractivity contribution in [1.82, 2.24) is 30.0 Å². The molecule has 0 unspecified atom stereocenters. The number of benzene rings is 1. The topological polar surface area (TPSA) is 67.2 Å². The summed E-state index contributed by atoms with van der Waals surface area (Å²) >= 11 is 0. The Morgan fingerprint density at radius 3 is 2.60 bits per heavy atom. The zero-order valence-electron chi connectivity index (χ0n) is 15.0. The van der Waals surface area contributed by atoms with E-state index in [2.05, 4.69) is 15.5 Å². The van der Waals surface area contributed by atoms with E-state index in [-0.39, 0.29) is 5.91 Å². The van der Waals surface area contributed by atoms with Crippen LogP contribution in [0, 0.1) is 0 Å². The number of likely N-dealkylation sites (N-methyl/N-ethyl adjacent to an activating group) is 2. The molecular formula is C18H26N6O. The Morgan fingerprint density at radius 2 is 1.88 bits per heavy atom. The highest BCUT2D eigenvalue weighted by molar-refractivity contribution is 5.78. The first kappa shape index (κ1) is 17.5. The van der Waals surface area contributed by atoms with Crippen molar-refractivity contribution in [3.8, 4) is 5.69 Å². The van der Waals surface area contributed by atoms with E-state index in [9.17, 15) is 4.79 Å². The molecule has 1 aromatic carbocycles. The summed E-state index contributed by atoms with van der Waals surface area (Å²) < 4.78 is 1.71. The molecule has 134 valence electrons. The predicted octanol–water partition coefficient (Wildman–Crippen LogP) is 1.89. The van der Waals surface area contributed by atoms with Crippen LogP contribution in [0.25, 0.3) is 5.69 Å². The van der Waals surface area contributed by atoms with Crippen LogP contribution in [0.2, 0.25) is 0 Å². The van der Waals surface area contributed by atoms with Crippen LogP contribution in [-0.2, 0) is 11.3 Å². The molecule has 2 aromatic rings. The third-order valence-corrected chi connectivity index (χ3v) is 4.87. The molecule has 1 aliphatic rings. The number of aromatic nitrogens is 4. The van der Waals surface area contributed by atoms with Gasteiger partial charge in [-0.2, -0.15) is 4.68 Å². The van der Waals surface area contributed by atoms with Gasteiger partial charge in [-0.1, -0.05) is 37.5 Å². The summed E-state index contributed by atoms with van der Waals surface area (Å²) in [6.07, 6.45) is 5.99. The van der Waals surface area contributed by atoms with E-state index in [1.165, 1.54) is 19.3 Å². The summed E-state index contributed by atoms with van der Waals surface area (Å²) in [5.41, 5.74) is 0.918. The molecule has 1 heterocycles. The summed E-state index contributed by atoms with van der Waals surface area (Å²) in [4.78, 5) is 16.5. The highest BCUT2D eigenvalue weighted by atomic mass is 16.2. The Kier molecular flexibility index (Phi) is 5.75. The van der Waals surface area contributed by atoms with Crippen LogP contribution in [-0.4, -0.2) is 62.6 Å². The van der Waals surface area contributed by atoms with Gasteiger partial charge in [0.05, 0.1) is 18.8 Å². The lowest BCUT2D eigenvalue weighted by molar-refractivity contribution is -0.133. The van der Waals surface area contributed by atoms with Gasteiger partial charge in [0.15, 0.2) is 5.82 Å². The molecule has 0 atom stereocenters. The summed E-state index contributed by atoms with van der Waals surface area (Å²) in [5, 5.41) is 12.0. The first-order valence-corrected chi connectivity index (χ1v) is 8.92. The summed E-state index contributed by atoms with van der Waals surface area (Å²) in [5.74, 6) is 0.884. The summed E-state index contributed by atoms with van der Waals surface area (Å²) in [6.45, 7) is 0.890. The van der Waals surface area contributed by atoms with E-state index in [0.717, 1.165) is 24.4 Å². The molecule has 0 aliphatic heterocycles. The molecule has 1 fully saturated rings. The van der Waals surface area contributed by atoms with Gasteiger partial charge in [-0.05, 0) is 42.4 Å². The van der Waals surface area contributed by atoms with Crippen LogP contribution in [0.5, 0.6) is 0 Å². The molecule has 1 saturated carbocycles. The van der Waals surface area contributed by atoms with E-state index in [0.29, 0.717) is 19.1 Å². The van der Waals surface area contributed by atoms with Gasteiger partial charge in [0, 0.05) is 13.1 Å². The molecule has 3 rings (SSSR count). The maximum atomic E-state index is 12.6. The van der Waals surface area contributed by atoms with Gasteiger partial charge in [-0.25, -0.2) is 0 Å². The molecule has 25 heavy (non-hydrogen) atoms. The number of nitrogens with zero attached hydrogens (tertiary/aromatic N) is 6. The van der Waals surface area contributed by atoms with Crippen molar-refractivity contribution in [3.63, 3.8) is 0 Å². The van der Waals surface area contributed by atoms with Gasteiger partial charge in [-0.3, -0.25) is 9.69 Å². The minimum absolute atomic E-state index is 0.160. The lowest BCUT2D eigenvalue weighted by atomic mass is 9.94. The Bertz CT molecular complexity index is 680. The first-order chi connectivity index (χ1) is 12.1. The van der Waals surface area contributed by atoms with Crippen LogP contribution < -0.4 is 0 Å². The average Bonchev–Trinajstić information content (AvgIpc) is 3.10. The molecule has 0 bridgehead atoms. The first-order valence-electron chi connectivity index (χ1n) is 8.92. The van der Waals surface area contributed by atoms with E-state index in [1.54, 1.807) is 4.68 Å². The zero-order chi connectivity index (χ0) is 17.6. The van der Waals surface area contributed by atoms with Crippen LogP contribution in [0.1, 0.15) is 37.9 Å². The number of carbonyl (C=O) groups excluding carboxylic acids is 1. The van der Waals surface area contributed by atoms with Crippen molar-refractivity contribution >= 4 is 5.91 Å². The lowest BCUT2D eigenvalue weighted by Crippen LogP contribution is -2.43. The second-order valence-corrected chi connectivity index (χ2v) is 6.81. The van der Waals surface area contributed by atoms with Gasteiger partial charge in [0.25, 0.3) is 0 Å². The molecule has 0 saturated heterocycles. The van der Waals surface area contributed by atoms with Crippen molar-refractivity contribution in [2.45, 2.75) is 44.7 Å². The molecular weight excluding hydrogens is 316 g/mol. The SMILES string of the molecule is CN(CC(=O)N(C)C1CCCCC1)Cc1nnnn1-c1ccccc1. The van der Waals surface area contributed by atoms with Crippen molar-refractivity contribution in [2.75, 3.05) is 20.6 Å². The maximum absolute atomic E-state index is 12.6. The fraction of sp³-hybridized carbons (Fsp3) is 0.556. The Balaban J connectivity index is 1.58. The number of tetrazole rings is 1. The van der Waals surface area contributed by atoms with Gasteiger partial charge >= 0.3 is 0 Å². The molecule has 0 N–H and O–H groups in total. The van der Waals surface area contributed by atoms with Gasteiger partial charge in [-0.15, -0.1) is 5.10 Å². The number of carbonyl (C=O) groups is 1. The number of rotatable bonds is 6. The molecule has 0 radical (unpaired) electrons. The van der Waals surface area contributed by atoms with E-state index < -0.39 is 0 Å². The van der Waals surface area contributed by atoms with Crippen molar-refractivity contribution in [2.24, 2.45) is 0 Å². The van der Waals surface area contributed by atoms with Gasteiger partial charge < -0.3 is 4.90 Å². The number of hydrogen-bond acceptors (Lipinski definition) is 5. The molecule has 7 nitrogen and oxygen atoms in total. The minimum atomic E-state index is 0.160. The monoisotopic (exact) mass is 342 g/mol. The van der Waals surface area contributed by atoms with E-state index >= 15 is 0 Å². The van der Waals surface area contributed by atoms with Crippen LogP contribution in [0.3, 0.4) is 0 Å². The quantitative estimate of drug-likeness (QED) is 0.802.